The van der Waals surface area contributed by atoms with Gasteiger partial charge in [-0.25, -0.2) is 4.39 Å². The molecule has 0 saturated carbocycles. The van der Waals surface area contributed by atoms with Crippen molar-refractivity contribution in [3.05, 3.63) is 34.6 Å². The molecule has 0 amide bonds. The molecular formula is C13H15ClFNO2. The Balaban J connectivity index is 2.00. The SMILES string of the molecule is O=C(O)C1CCCN(Cc2ccc(F)c(Cl)c2)C1. The van der Waals surface area contributed by atoms with Crippen molar-refractivity contribution < 1.29 is 14.3 Å². The molecule has 0 aliphatic carbocycles. The van der Waals surface area contributed by atoms with Gasteiger partial charge in [-0.05, 0) is 37.1 Å². The van der Waals surface area contributed by atoms with Gasteiger partial charge in [0.05, 0.1) is 10.9 Å². The smallest absolute Gasteiger partial charge is 0.307 e. The summed E-state index contributed by atoms with van der Waals surface area (Å²) >= 11 is 5.72. The maximum Gasteiger partial charge on any atom is 0.307 e. The van der Waals surface area contributed by atoms with E-state index in [0.29, 0.717) is 13.1 Å². The Kier molecular flexibility index (Phi) is 4.19. The van der Waals surface area contributed by atoms with Gasteiger partial charge in [-0.15, -0.1) is 0 Å². The van der Waals surface area contributed by atoms with Crippen LogP contribution in [0.1, 0.15) is 18.4 Å². The molecule has 18 heavy (non-hydrogen) atoms. The molecule has 1 N–H and O–H groups in total. The number of carbonyl (C=O) groups is 1. The van der Waals surface area contributed by atoms with Crippen molar-refractivity contribution >= 4 is 17.6 Å². The Morgan fingerprint density at radius 2 is 2.33 bits per heavy atom. The Morgan fingerprint density at radius 1 is 1.56 bits per heavy atom. The highest BCUT2D eigenvalue weighted by molar-refractivity contribution is 6.30. The van der Waals surface area contributed by atoms with E-state index >= 15 is 0 Å². The van der Waals surface area contributed by atoms with E-state index in [4.69, 9.17) is 16.7 Å². The van der Waals surface area contributed by atoms with E-state index in [-0.39, 0.29) is 10.9 Å². The lowest BCUT2D eigenvalue weighted by atomic mass is 9.98. The fraction of sp³-hybridized carbons (Fsp3) is 0.462. The quantitative estimate of drug-likeness (QED) is 0.919. The number of halogens is 2. The number of rotatable bonds is 3. The third-order valence-electron chi connectivity index (χ3n) is 3.24. The van der Waals surface area contributed by atoms with Crippen LogP contribution in [-0.2, 0) is 11.3 Å². The summed E-state index contributed by atoms with van der Waals surface area (Å²) in [5, 5.41) is 9.12. The standard InChI is InChI=1S/C13H15ClFNO2/c14-11-6-9(3-4-12(11)15)7-16-5-1-2-10(8-16)13(17)18/h3-4,6,10H,1-2,5,7-8H2,(H,17,18). The maximum atomic E-state index is 13.0. The number of benzene rings is 1. The van der Waals surface area contributed by atoms with Crippen molar-refractivity contribution in [1.29, 1.82) is 0 Å². The average Bonchev–Trinajstić information content (AvgIpc) is 2.34. The second-order valence-electron chi connectivity index (χ2n) is 4.66. The molecule has 5 heteroatoms. The minimum atomic E-state index is -0.739. The molecular weight excluding hydrogens is 257 g/mol. The molecule has 1 fully saturated rings. The number of aliphatic carboxylic acids is 1. The maximum absolute atomic E-state index is 13.0. The topological polar surface area (TPSA) is 40.5 Å². The van der Waals surface area contributed by atoms with Gasteiger partial charge in [-0.3, -0.25) is 9.69 Å². The van der Waals surface area contributed by atoms with E-state index in [1.165, 1.54) is 6.07 Å². The van der Waals surface area contributed by atoms with Crippen LogP contribution in [0.5, 0.6) is 0 Å². The Hall–Kier alpha value is -1.13. The second kappa shape index (κ2) is 5.67. The largest absolute Gasteiger partial charge is 0.481 e. The number of hydrogen-bond acceptors (Lipinski definition) is 2. The van der Waals surface area contributed by atoms with E-state index in [1.807, 2.05) is 0 Å². The molecule has 1 heterocycles. The van der Waals surface area contributed by atoms with Crippen molar-refractivity contribution in [3.63, 3.8) is 0 Å². The first-order valence-electron chi connectivity index (χ1n) is 5.95. The molecule has 2 rings (SSSR count). The highest BCUT2D eigenvalue weighted by atomic mass is 35.5. The highest BCUT2D eigenvalue weighted by Crippen LogP contribution is 2.21. The number of nitrogens with zero attached hydrogens (tertiary/aromatic N) is 1. The van der Waals surface area contributed by atoms with Crippen LogP contribution >= 0.6 is 11.6 Å². The molecule has 1 unspecified atom stereocenters. The van der Waals surface area contributed by atoms with Crippen LogP contribution in [0.3, 0.4) is 0 Å². The van der Waals surface area contributed by atoms with E-state index in [9.17, 15) is 9.18 Å². The molecule has 1 aliphatic rings. The van der Waals surface area contributed by atoms with Crippen molar-refractivity contribution in [2.75, 3.05) is 13.1 Å². The predicted octanol–water partition coefficient (Wildman–Crippen LogP) is 2.78. The fourth-order valence-electron chi connectivity index (χ4n) is 2.30. The van der Waals surface area contributed by atoms with Crippen LogP contribution < -0.4 is 0 Å². The fourth-order valence-corrected chi connectivity index (χ4v) is 2.50. The van der Waals surface area contributed by atoms with E-state index in [2.05, 4.69) is 4.90 Å². The van der Waals surface area contributed by atoms with Gasteiger partial charge in [0, 0.05) is 13.1 Å². The van der Waals surface area contributed by atoms with Gasteiger partial charge in [0.2, 0.25) is 0 Å². The van der Waals surface area contributed by atoms with Gasteiger partial charge in [0.15, 0.2) is 0 Å². The molecule has 1 aliphatic heterocycles. The van der Waals surface area contributed by atoms with Crippen LogP contribution in [0.25, 0.3) is 0 Å². The monoisotopic (exact) mass is 271 g/mol. The molecule has 0 bridgehead atoms. The van der Waals surface area contributed by atoms with Crippen molar-refractivity contribution in [1.82, 2.24) is 4.90 Å². The average molecular weight is 272 g/mol. The molecule has 1 aromatic rings. The highest BCUT2D eigenvalue weighted by Gasteiger charge is 2.25. The summed E-state index contributed by atoms with van der Waals surface area (Å²) in [6, 6.07) is 4.63. The third kappa shape index (κ3) is 3.21. The molecule has 1 saturated heterocycles. The Labute approximate surface area is 110 Å². The number of carboxylic acid groups (broad SMARTS) is 1. The van der Waals surface area contributed by atoms with Crippen LogP contribution in [0, 0.1) is 11.7 Å². The zero-order valence-corrected chi connectivity index (χ0v) is 10.7. The first-order chi connectivity index (χ1) is 8.56. The molecule has 1 atom stereocenters. The minimum absolute atomic E-state index is 0.110. The first-order valence-corrected chi connectivity index (χ1v) is 6.33. The van der Waals surface area contributed by atoms with Gasteiger partial charge in [0.1, 0.15) is 5.82 Å². The zero-order chi connectivity index (χ0) is 13.1. The number of likely N-dealkylation sites (tertiary alicyclic amines) is 1. The van der Waals surface area contributed by atoms with Crippen molar-refractivity contribution in [2.24, 2.45) is 5.92 Å². The Morgan fingerprint density at radius 3 is 3.00 bits per heavy atom. The summed E-state index contributed by atoms with van der Waals surface area (Å²) in [6.45, 7) is 2.03. The summed E-state index contributed by atoms with van der Waals surface area (Å²) < 4.78 is 13.0. The molecule has 1 aromatic carbocycles. The zero-order valence-electron chi connectivity index (χ0n) is 9.90. The normalized spacial score (nSPS) is 20.9. The third-order valence-corrected chi connectivity index (χ3v) is 3.53. The van der Waals surface area contributed by atoms with Gasteiger partial charge in [-0.2, -0.15) is 0 Å². The number of hydrogen-bond donors (Lipinski definition) is 1. The molecule has 0 radical (unpaired) electrons. The molecule has 0 aromatic heterocycles. The van der Waals surface area contributed by atoms with E-state index in [0.717, 1.165) is 24.9 Å². The van der Waals surface area contributed by atoms with Crippen LogP contribution in [-0.4, -0.2) is 29.1 Å². The van der Waals surface area contributed by atoms with Gasteiger partial charge < -0.3 is 5.11 Å². The minimum Gasteiger partial charge on any atom is -0.481 e. The first kappa shape index (κ1) is 13.3. The lowest BCUT2D eigenvalue weighted by Crippen LogP contribution is -2.38. The van der Waals surface area contributed by atoms with Crippen molar-refractivity contribution in [3.8, 4) is 0 Å². The second-order valence-corrected chi connectivity index (χ2v) is 5.07. The summed E-state index contributed by atoms with van der Waals surface area (Å²) in [5.41, 5.74) is 0.910. The van der Waals surface area contributed by atoms with Gasteiger partial charge in [0.25, 0.3) is 0 Å². The molecule has 0 spiro atoms. The number of piperidine rings is 1. The predicted molar refractivity (Wildman–Crippen MR) is 67.0 cm³/mol. The van der Waals surface area contributed by atoms with Gasteiger partial charge >= 0.3 is 5.97 Å². The van der Waals surface area contributed by atoms with E-state index in [1.54, 1.807) is 12.1 Å². The summed E-state index contributed by atoms with van der Waals surface area (Å²) in [4.78, 5) is 13.0. The van der Waals surface area contributed by atoms with Crippen LogP contribution in [0.15, 0.2) is 18.2 Å². The molecule has 3 nitrogen and oxygen atoms in total. The van der Waals surface area contributed by atoms with Gasteiger partial charge in [-0.1, -0.05) is 17.7 Å². The number of carboxylic acids is 1. The lowest BCUT2D eigenvalue weighted by molar-refractivity contribution is -0.143. The molecule has 98 valence electrons. The lowest BCUT2D eigenvalue weighted by Gasteiger charge is -2.30. The van der Waals surface area contributed by atoms with Crippen molar-refractivity contribution in [2.45, 2.75) is 19.4 Å². The Bertz CT molecular complexity index is 453. The summed E-state index contributed by atoms with van der Waals surface area (Å²) in [5.74, 6) is -1.46. The van der Waals surface area contributed by atoms with Crippen LogP contribution in [0.2, 0.25) is 5.02 Å². The van der Waals surface area contributed by atoms with Crippen LogP contribution in [0.4, 0.5) is 4.39 Å². The summed E-state index contributed by atoms with van der Waals surface area (Å²) in [7, 11) is 0. The summed E-state index contributed by atoms with van der Waals surface area (Å²) in [6.07, 6.45) is 1.61. The van der Waals surface area contributed by atoms with E-state index < -0.39 is 11.8 Å².